The van der Waals surface area contributed by atoms with Crippen LogP contribution in [0.1, 0.15) is 15.5 Å². The van der Waals surface area contributed by atoms with Crippen molar-refractivity contribution in [3.05, 3.63) is 38.4 Å². The molecule has 6 nitrogen and oxygen atoms in total. The van der Waals surface area contributed by atoms with Gasteiger partial charge in [0.15, 0.2) is 0 Å². The molecule has 0 aromatic carbocycles. The zero-order valence-electron chi connectivity index (χ0n) is 12.3. The van der Waals surface area contributed by atoms with Crippen LogP contribution in [-0.4, -0.2) is 35.6 Å². The van der Waals surface area contributed by atoms with E-state index in [1.165, 1.54) is 23.6 Å². The number of aromatic nitrogens is 2. The van der Waals surface area contributed by atoms with Crippen LogP contribution in [-0.2, 0) is 6.42 Å². The van der Waals surface area contributed by atoms with Gasteiger partial charge in [-0.25, -0.2) is 9.97 Å². The van der Waals surface area contributed by atoms with Gasteiger partial charge in [0.25, 0.3) is 5.91 Å². The molecule has 24 heavy (non-hydrogen) atoms. The Morgan fingerprint density at radius 1 is 1.38 bits per heavy atom. The Morgan fingerprint density at radius 3 is 2.79 bits per heavy atom. The van der Waals surface area contributed by atoms with Gasteiger partial charge in [0, 0.05) is 18.0 Å². The van der Waals surface area contributed by atoms with E-state index in [2.05, 4.69) is 15.3 Å². The highest BCUT2D eigenvalue weighted by molar-refractivity contribution is 7.09. The van der Waals surface area contributed by atoms with Crippen LogP contribution in [0, 0.1) is 0 Å². The lowest BCUT2D eigenvalue weighted by molar-refractivity contribution is 0.0942. The molecule has 2 aromatic heterocycles. The number of rotatable bonds is 7. The first-order chi connectivity index (χ1) is 10.6. The van der Waals surface area contributed by atoms with Crippen LogP contribution < -0.4 is 15.8 Å². The van der Waals surface area contributed by atoms with Gasteiger partial charge in [-0.05, 0) is 12.6 Å². The summed E-state index contributed by atoms with van der Waals surface area (Å²) in [5, 5.41) is 6.02. The summed E-state index contributed by atoms with van der Waals surface area (Å²) in [6.45, 7) is 1.06. The van der Waals surface area contributed by atoms with Crippen molar-refractivity contribution in [3.8, 4) is 5.88 Å². The Bertz CT molecular complexity index is 657. The lowest BCUT2D eigenvalue weighted by Gasteiger charge is -2.07. The van der Waals surface area contributed by atoms with Gasteiger partial charge in [0.1, 0.15) is 17.3 Å². The van der Waals surface area contributed by atoms with Gasteiger partial charge in [0.2, 0.25) is 5.88 Å². The second-order valence-corrected chi connectivity index (χ2v) is 6.00. The molecule has 134 valence electrons. The minimum absolute atomic E-state index is 0. The Kier molecular flexibility index (Phi) is 11.3. The fourth-order valence-electron chi connectivity index (χ4n) is 1.56. The van der Waals surface area contributed by atoms with E-state index in [1.54, 1.807) is 5.38 Å². The Labute approximate surface area is 165 Å². The number of thiazole rings is 1. The van der Waals surface area contributed by atoms with Crippen LogP contribution in [0.3, 0.4) is 0 Å². The number of carbonyl (C=O) groups is 1. The monoisotopic (exact) mass is 432 g/mol. The van der Waals surface area contributed by atoms with Crippen LogP contribution >= 0.6 is 59.4 Å². The Balaban J connectivity index is 0.00000264. The second kappa shape index (κ2) is 11.7. The minimum Gasteiger partial charge on any atom is -0.475 e. The van der Waals surface area contributed by atoms with Crippen molar-refractivity contribution >= 4 is 65.3 Å². The third-order valence-corrected chi connectivity index (χ3v) is 3.93. The SMILES string of the molecule is Cl.Cl.NCCc1nc(C(=O)NCCOc2ncc(Cl)cc2Cl)cs1. The number of nitrogens with zero attached hydrogens (tertiary/aromatic N) is 2. The molecule has 0 atom stereocenters. The number of nitrogens with one attached hydrogen (secondary N) is 1. The standard InChI is InChI=1S/C13H14Cl2N4O2S.2ClH/c14-8-5-9(15)13(18-6-8)21-4-3-17-12(20)10-7-22-11(19-10)1-2-16;;/h5-7H,1-4,16H2,(H,17,20);2*1H. The normalized spacial score (nSPS) is 9.62. The van der Waals surface area contributed by atoms with Crippen LogP contribution in [0.4, 0.5) is 0 Å². The molecular weight excluding hydrogens is 418 g/mol. The molecule has 1 amide bonds. The molecule has 0 unspecified atom stereocenters. The topological polar surface area (TPSA) is 90.1 Å². The van der Waals surface area contributed by atoms with Gasteiger partial charge in [-0.3, -0.25) is 4.79 Å². The molecule has 0 spiro atoms. The highest BCUT2D eigenvalue weighted by Gasteiger charge is 2.10. The quantitative estimate of drug-likeness (QED) is 0.655. The molecule has 2 aromatic rings. The van der Waals surface area contributed by atoms with Gasteiger partial charge < -0.3 is 15.8 Å². The fraction of sp³-hybridized carbons (Fsp3) is 0.308. The Hall–Kier alpha value is -0.830. The van der Waals surface area contributed by atoms with Crippen molar-refractivity contribution in [1.29, 1.82) is 0 Å². The maximum atomic E-state index is 11.9. The number of amides is 1. The van der Waals surface area contributed by atoms with Crippen molar-refractivity contribution in [1.82, 2.24) is 15.3 Å². The molecule has 2 heterocycles. The third-order valence-electron chi connectivity index (χ3n) is 2.54. The molecule has 0 aliphatic rings. The van der Waals surface area contributed by atoms with Gasteiger partial charge in [-0.15, -0.1) is 36.2 Å². The second-order valence-electron chi connectivity index (χ2n) is 4.21. The highest BCUT2D eigenvalue weighted by Crippen LogP contribution is 2.24. The molecule has 0 fully saturated rings. The average molecular weight is 434 g/mol. The lowest BCUT2D eigenvalue weighted by atomic mass is 10.4. The highest BCUT2D eigenvalue weighted by atomic mass is 35.5. The van der Waals surface area contributed by atoms with E-state index in [9.17, 15) is 4.79 Å². The number of carbonyl (C=O) groups excluding carboxylic acids is 1. The summed E-state index contributed by atoms with van der Waals surface area (Å²) in [5.74, 6) is 0.0255. The summed E-state index contributed by atoms with van der Waals surface area (Å²) in [6.07, 6.45) is 2.11. The molecule has 0 radical (unpaired) electrons. The molecule has 0 aliphatic carbocycles. The van der Waals surface area contributed by atoms with E-state index in [0.717, 1.165) is 5.01 Å². The maximum Gasteiger partial charge on any atom is 0.270 e. The van der Waals surface area contributed by atoms with E-state index >= 15 is 0 Å². The van der Waals surface area contributed by atoms with Gasteiger partial charge >= 0.3 is 0 Å². The molecular formula is C13H16Cl4N4O2S. The van der Waals surface area contributed by atoms with Crippen LogP contribution in [0.15, 0.2) is 17.6 Å². The largest absolute Gasteiger partial charge is 0.475 e. The zero-order valence-corrected chi connectivity index (χ0v) is 16.3. The van der Waals surface area contributed by atoms with Crippen molar-refractivity contribution in [2.24, 2.45) is 5.73 Å². The van der Waals surface area contributed by atoms with E-state index in [0.29, 0.717) is 35.2 Å². The third kappa shape index (κ3) is 6.96. The van der Waals surface area contributed by atoms with E-state index in [4.69, 9.17) is 33.7 Å². The summed E-state index contributed by atoms with van der Waals surface area (Å²) in [7, 11) is 0. The summed E-state index contributed by atoms with van der Waals surface area (Å²) in [4.78, 5) is 20.0. The van der Waals surface area contributed by atoms with Crippen molar-refractivity contribution < 1.29 is 9.53 Å². The minimum atomic E-state index is -0.252. The first-order valence-electron chi connectivity index (χ1n) is 6.46. The zero-order chi connectivity index (χ0) is 15.9. The van der Waals surface area contributed by atoms with Gasteiger partial charge in [-0.1, -0.05) is 23.2 Å². The summed E-state index contributed by atoms with van der Waals surface area (Å²) >= 11 is 13.1. The summed E-state index contributed by atoms with van der Waals surface area (Å²) in [6, 6.07) is 1.54. The molecule has 3 N–H and O–H groups in total. The number of nitrogens with two attached hydrogens (primary N) is 1. The molecule has 0 saturated heterocycles. The summed E-state index contributed by atoms with van der Waals surface area (Å²) in [5.41, 5.74) is 5.83. The number of halogens is 4. The fourth-order valence-corrected chi connectivity index (χ4v) is 2.79. The van der Waals surface area contributed by atoms with Gasteiger partial charge in [-0.2, -0.15) is 0 Å². The van der Waals surface area contributed by atoms with Crippen LogP contribution in [0.25, 0.3) is 0 Å². The molecule has 0 aliphatic heterocycles. The van der Waals surface area contributed by atoms with E-state index < -0.39 is 0 Å². The molecule has 0 bridgehead atoms. The number of pyridine rings is 1. The van der Waals surface area contributed by atoms with Gasteiger partial charge in [0.05, 0.1) is 16.6 Å². The number of hydrogen-bond donors (Lipinski definition) is 2. The van der Waals surface area contributed by atoms with E-state index in [-0.39, 0.29) is 43.2 Å². The van der Waals surface area contributed by atoms with Crippen molar-refractivity contribution in [2.75, 3.05) is 19.7 Å². The van der Waals surface area contributed by atoms with Crippen LogP contribution in [0.2, 0.25) is 10.0 Å². The van der Waals surface area contributed by atoms with Crippen molar-refractivity contribution in [2.45, 2.75) is 6.42 Å². The average Bonchev–Trinajstić information content (AvgIpc) is 2.94. The van der Waals surface area contributed by atoms with Crippen molar-refractivity contribution in [3.63, 3.8) is 0 Å². The first-order valence-corrected chi connectivity index (χ1v) is 8.10. The number of ether oxygens (including phenoxy) is 1. The molecule has 0 saturated carbocycles. The first kappa shape index (κ1) is 23.2. The smallest absolute Gasteiger partial charge is 0.270 e. The maximum absolute atomic E-state index is 11.9. The number of hydrogen-bond acceptors (Lipinski definition) is 6. The molecule has 2 rings (SSSR count). The predicted octanol–water partition coefficient (Wildman–Crippen LogP) is 3.00. The summed E-state index contributed by atoms with van der Waals surface area (Å²) < 4.78 is 5.37. The van der Waals surface area contributed by atoms with E-state index in [1.807, 2.05) is 0 Å². The van der Waals surface area contributed by atoms with Crippen LogP contribution in [0.5, 0.6) is 5.88 Å². The predicted molar refractivity (Wildman–Crippen MR) is 101 cm³/mol. The lowest BCUT2D eigenvalue weighted by Crippen LogP contribution is -2.28. The molecule has 11 heteroatoms. The Morgan fingerprint density at radius 2 is 2.12 bits per heavy atom.